The molecule has 3 saturated heterocycles. The molecular formula is C58H55F3N12S3. The Morgan fingerprint density at radius 3 is 1.62 bits per heavy atom. The standard InChI is InChI=1S/C21H18FN3S.C19H18FN3S.C18H19FN6S/c1-3-15-6-5-11-25(14-15)20-8-7-17(22)13-19(20)24-21(26)16-9-10-23-18(4-2)12-16;1-2-16-12-14(8-9-21-16)19(24)22-17-13-15(20)6-7-18(17)23-10-4-3-5-11-23;19-14-4-5-17(25-10-2-1-3-15(25)12-22-24-20)16(11-14)23-18(26)13-6-8-21-9-7-13/h1-2,7-10,12-13,15H,5-6,11,14H2,(H,24,26);1,6-9,12-13H,3-5,10-11H2,(H,22,24);4-9,11,15H,1-3,10,12H2,(H,23,26). The van der Waals surface area contributed by atoms with E-state index in [1.807, 2.05) is 6.07 Å². The monoisotopic (exact) mass is 1070 g/mol. The first-order chi connectivity index (χ1) is 37.0. The number of terminal acetylenes is 3. The minimum atomic E-state index is -0.336. The average molecular weight is 1070 g/mol. The average Bonchev–Trinajstić information content (AvgIpc) is 3.45. The van der Waals surface area contributed by atoms with Crippen LogP contribution in [0.3, 0.4) is 0 Å². The van der Waals surface area contributed by atoms with E-state index in [0.717, 1.165) is 111 Å². The Bertz CT molecular complexity index is 3200. The summed E-state index contributed by atoms with van der Waals surface area (Å²) in [5.41, 5.74) is 16.6. The second-order valence-electron chi connectivity index (χ2n) is 18.0. The van der Waals surface area contributed by atoms with Gasteiger partial charge in [-0.1, -0.05) is 53.6 Å². The van der Waals surface area contributed by atoms with E-state index < -0.39 is 0 Å². The second-order valence-corrected chi connectivity index (χ2v) is 19.2. The van der Waals surface area contributed by atoms with Crippen LogP contribution in [0.2, 0.25) is 0 Å². The molecule has 18 heteroatoms. The predicted octanol–water partition coefficient (Wildman–Crippen LogP) is 12.5. The minimum Gasteiger partial charge on any atom is -0.370 e. The SMILES string of the molecule is C#Cc1cc(C(=S)Nc2cc(F)ccc2N2CCCC(C#C)C2)ccn1.C#Cc1cc(C(=S)Nc2cc(F)ccc2N2CCCCC2)ccn1.[N-]=[N+]=NCC1CCCCN1c1ccc(F)cc1NC(=S)c1ccncc1. The van der Waals surface area contributed by atoms with E-state index in [0.29, 0.717) is 50.0 Å². The summed E-state index contributed by atoms with van der Waals surface area (Å²) in [6.07, 6.45) is 31.5. The highest BCUT2D eigenvalue weighted by atomic mass is 32.1. The summed E-state index contributed by atoms with van der Waals surface area (Å²) in [5.74, 6) is 7.05. The van der Waals surface area contributed by atoms with Crippen molar-refractivity contribution in [2.75, 3.05) is 69.9 Å². The third kappa shape index (κ3) is 15.5. The van der Waals surface area contributed by atoms with Crippen LogP contribution in [0.1, 0.15) is 79.4 Å². The summed E-state index contributed by atoms with van der Waals surface area (Å²) >= 11 is 16.4. The fourth-order valence-electron chi connectivity index (χ4n) is 9.12. The van der Waals surface area contributed by atoms with Gasteiger partial charge in [-0.25, -0.2) is 23.1 Å². The number of pyridine rings is 3. The lowest BCUT2D eigenvalue weighted by molar-refractivity contribution is 0.465. The number of anilines is 6. The Morgan fingerprint density at radius 1 is 0.592 bits per heavy atom. The van der Waals surface area contributed by atoms with Gasteiger partial charge in [0.25, 0.3) is 0 Å². The van der Waals surface area contributed by atoms with Crippen molar-refractivity contribution in [1.29, 1.82) is 0 Å². The molecule has 3 fully saturated rings. The molecule has 3 aromatic heterocycles. The van der Waals surface area contributed by atoms with Crippen molar-refractivity contribution in [2.45, 2.75) is 57.4 Å². The minimum absolute atomic E-state index is 0.0974. The fourth-order valence-corrected chi connectivity index (χ4v) is 9.84. The van der Waals surface area contributed by atoms with Gasteiger partial charge in [0.15, 0.2) is 0 Å². The lowest BCUT2D eigenvalue weighted by Gasteiger charge is -2.38. The molecule has 0 radical (unpaired) electrons. The summed E-state index contributed by atoms with van der Waals surface area (Å²) < 4.78 is 41.5. The normalized spacial score (nSPS) is 15.8. The highest BCUT2D eigenvalue weighted by molar-refractivity contribution is 7.81. The van der Waals surface area contributed by atoms with E-state index in [4.69, 9.17) is 61.5 Å². The Hall–Kier alpha value is -8.04. The van der Waals surface area contributed by atoms with Gasteiger partial charge in [-0.15, -0.1) is 25.2 Å². The zero-order chi connectivity index (χ0) is 53.8. The molecule has 3 aliphatic heterocycles. The maximum absolute atomic E-state index is 13.9. The number of hydrogen-bond donors (Lipinski definition) is 3. The Balaban J connectivity index is 0.000000166. The third-order valence-electron chi connectivity index (χ3n) is 12.9. The van der Waals surface area contributed by atoms with Gasteiger partial charge in [0, 0.05) is 97.6 Å². The molecule has 0 aliphatic carbocycles. The van der Waals surface area contributed by atoms with E-state index in [9.17, 15) is 13.2 Å². The van der Waals surface area contributed by atoms with Gasteiger partial charge in [0.2, 0.25) is 0 Å². The first-order valence-corrected chi connectivity index (χ1v) is 26.0. The molecule has 2 atom stereocenters. The van der Waals surface area contributed by atoms with Gasteiger partial charge in [0.1, 0.15) is 43.8 Å². The Labute approximate surface area is 458 Å². The molecule has 3 N–H and O–H groups in total. The van der Waals surface area contributed by atoms with Crippen molar-refractivity contribution >= 4 is 85.7 Å². The van der Waals surface area contributed by atoms with Gasteiger partial charge < -0.3 is 30.7 Å². The van der Waals surface area contributed by atoms with Crippen molar-refractivity contribution in [2.24, 2.45) is 11.0 Å². The zero-order valence-corrected chi connectivity index (χ0v) is 44.1. The van der Waals surface area contributed by atoms with E-state index in [1.54, 1.807) is 73.3 Å². The van der Waals surface area contributed by atoms with Crippen LogP contribution in [0.15, 0.2) is 121 Å². The van der Waals surface area contributed by atoms with Gasteiger partial charge in [-0.3, -0.25) is 4.98 Å². The molecule has 0 amide bonds. The first-order valence-electron chi connectivity index (χ1n) is 24.8. The smallest absolute Gasteiger partial charge is 0.125 e. The number of hydrogen-bond acceptors (Lipinski definition) is 10. The number of rotatable bonds is 11. The van der Waals surface area contributed by atoms with Crippen LogP contribution >= 0.6 is 36.7 Å². The van der Waals surface area contributed by atoms with Crippen LogP contribution in [-0.4, -0.2) is 75.2 Å². The van der Waals surface area contributed by atoms with Crippen molar-refractivity contribution < 1.29 is 13.2 Å². The number of thiocarbonyl (C=S) groups is 3. The molecule has 3 aliphatic rings. The van der Waals surface area contributed by atoms with Gasteiger partial charge in [-0.05, 0) is 148 Å². The highest BCUT2D eigenvalue weighted by Crippen LogP contribution is 2.35. The molecule has 76 heavy (non-hydrogen) atoms. The summed E-state index contributed by atoms with van der Waals surface area (Å²) in [6.45, 7) is 4.80. The van der Waals surface area contributed by atoms with E-state index in [-0.39, 0.29) is 29.4 Å². The maximum atomic E-state index is 13.9. The van der Waals surface area contributed by atoms with Crippen molar-refractivity contribution in [1.82, 2.24) is 15.0 Å². The van der Waals surface area contributed by atoms with Crippen LogP contribution in [0, 0.1) is 60.4 Å². The fraction of sp³-hybridized carbons (Fsp3) is 0.276. The number of halogens is 3. The number of benzene rings is 3. The van der Waals surface area contributed by atoms with Gasteiger partial charge in [0.05, 0.1) is 34.1 Å². The molecule has 0 saturated carbocycles. The van der Waals surface area contributed by atoms with Crippen LogP contribution in [0.25, 0.3) is 10.4 Å². The molecule has 2 unspecified atom stereocenters. The number of aromatic nitrogens is 3. The Morgan fingerprint density at radius 2 is 1.08 bits per heavy atom. The topological polar surface area (TPSA) is 133 Å². The lowest BCUT2D eigenvalue weighted by atomic mass is 9.98. The van der Waals surface area contributed by atoms with Crippen molar-refractivity contribution in [3.8, 4) is 37.0 Å². The van der Waals surface area contributed by atoms with Crippen molar-refractivity contribution in [3.63, 3.8) is 0 Å². The van der Waals surface area contributed by atoms with Crippen LogP contribution in [-0.2, 0) is 0 Å². The van der Waals surface area contributed by atoms with Crippen LogP contribution < -0.4 is 30.7 Å². The summed E-state index contributed by atoms with van der Waals surface area (Å²) in [7, 11) is 0. The lowest BCUT2D eigenvalue weighted by Crippen LogP contribution is -2.42. The predicted molar refractivity (Wildman–Crippen MR) is 313 cm³/mol. The number of nitrogens with zero attached hydrogens (tertiary/aromatic N) is 9. The number of azide groups is 1. The van der Waals surface area contributed by atoms with Gasteiger partial charge in [-0.2, -0.15) is 0 Å². The van der Waals surface area contributed by atoms with Gasteiger partial charge >= 0.3 is 0 Å². The Kier molecular flexibility index (Phi) is 20.5. The molecule has 9 rings (SSSR count). The van der Waals surface area contributed by atoms with Crippen LogP contribution in [0.5, 0.6) is 0 Å². The molecule has 0 spiro atoms. The van der Waals surface area contributed by atoms with E-state index in [1.165, 1.54) is 42.8 Å². The van der Waals surface area contributed by atoms with E-state index in [2.05, 4.69) is 73.4 Å². The molecule has 3 aromatic carbocycles. The largest absolute Gasteiger partial charge is 0.370 e. The molecular weight excluding hydrogens is 1020 g/mol. The highest BCUT2D eigenvalue weighted by Gasteiger charge is 2.25. The third-order valence-corrected chi connectivity index (χ3v) is 13.9. The molecule has 6 aromatic rings. The maximum Gasteiger partial charge on any atom is 0.125 e. The summed E-state index contributed by atoms with van der Waals surface area (Å²) in [6, 6.07) is 24.8. The molecule has 6 heterocycles. The molecule has 0 bridgehead atoms. The van der Waals surface area contributed by atoms with Crippen molar-refractivity contribution in [3.05, 3.63) is 172 Å². The first kappa shape index (κ1) is 55.7. The van der Waals surface area contributed by atoms with E-state index >= 15 is 0 Å². The molecule has 12 nitrogen and oxygen atoms in total. The zero-order valence-electron chi connectivity index (χ0n) is 41.6. The summed E-state index contributed by atoms with van der Waals surface area (Å²) in [4.78, 5) is 23.1. The second kappa shape index (κ2) is 28.0. The number of nitrogens with one attached hydrogen (secondary N) is 3. The molecule has 386 valence electrons. The number of piperidine rings is 3. The summed E-state index contributed by atoms with van der Waals surface area (Å²) in [5, 5.41) is 13.2. The quantitative estimate of drug-likeness (QED) is 0.0375. The van der Waals surface area contributed by atoms with Crippen LogP contribution in [0.4, 0.5) is 47.3 Å².